The first-order valence-electron chi connectivity index (χ1n) is 9.36. The van der Waals surface area contributed by atoms with Crippen molar-refractivity contribution in [2.75, 3.05) is 13.1 Å². The molecule has 0 spiro atoms. The molecule has 1 aliphatic heterocycles. The lowest BCUT2D eigenvalue weighted by Gasteiger charge is -2.30. The molecule has 1 saturated heterocycles. The molecule has 1 aliphatic rings. The molecule has 5 rings (SSSR count). The van der Waals surface area contributed by atoms with Gasteiger partial charge >= 0.3 is 0 Å². The third-order valence-corrected chi connectivity index (χ3v) is 5.19. The van der Waals surface area contributed by atoms with Crippen molar-refractivity contribution in [3.63, 3.8) is 0 Å². The maximum Gasteiger partial charge on any atom is 0.156 e. The smallest absolute Gasteiger partial charge is 0.156 e. The van der Waals surface area contributed by atoms with Gasteiger partial charge in [0.25, 0.3) is 0 Å². The number of fused-ring (bicyclic) bond motifs is 1. The number of rotatable bonds is 4. The van der Waals surface area contributed by atoms with Gasteiger partial charge < -0.3 is 4.42 Å². The van der Waals surface area contributed by atoms with Gasteiger partial charge in [-0.25, -0.2) is 9.50 Å². The summed E-state index contributed by atoms with van der Waals surface area (Å²) in [7, 11) is 0. The van der Waals surface area contributed by atoms with Gasteiger partial charge in [0.05, 0.1) is 12.8 Å². The Morgan fingerprint density at radius 2 is 2.00 bits per heavy atom. The molecule has 27 heavy (non-hydrogen) atoms. The van der Waals surface area contributed by atoms with Crippen LogP contribution in [0.1, 0.15) is 30.3 Å². The van der Waals surface area contributed by atoms with Gasteiger partial charge in [0.15, 0.2) is 11.5 Å². The summed E-state index contributed by atoms with van der Waals surface area (Å²) in [4.78, 5) is 11.3. The van der Waals surface area contributed by atoms with Gasteiger partial charge in [0.1, 0.15) is 5.76 Å². The van der Waals surface area contributed by atoms with Crippen LogP contribution < -0.4 is 0 Å². The van der Waals surface area contributed by atoms with Gasteiger partial charge in [-0.3, -0.25) is 9.88 Å². The molecule has 0 unspecified atom stereocenters. The Morgan fingerprint density at radius 1 is 1.07 bits per heavy atom. The molecule has 0 bridgehead atoms. The van der Waals surface area contributed by atoms with Gasteiger partial charge in [-0.05, 0) is 61.3 Å². The zero-order valence-electron chi connectivity index (χ0n) is 15.0. The van der Waals surface area contributed by atoms with Crippen molar-refractivity contribution in [2.24, 2.45) is 0 Å². The lowest BCUT2D eigenvalue weighted by Crippen LogP contribution is -2.34. The third-order valence-electron chi connectivity index (χ3n) is 5.19. The SMILES string of the molecule is c1coc(CN2CCC[C@H](c3nc4ccc(-c5ccncc5)cn4n3)C2)c1. The minimum absolute atomic E-state index is 0.359. The number of furan rings is 1. The molecule has 1 fully saturated rings. The van der Waals surface area contributed by atoms with E-state index in [1.165, 1.54) is 0 Å². The summed E-state index contributed by atoms with van der Waals surface area (Å²) in [6, 6.07) is 12.1. The Morgan fingerprint density at radius 3 is 2.85 bits per heavy atom. The summed E-state index contributed by atoms with van der Waals surface area (Å²) in [5.41, 5.74) is 3.14. The van der Waals surface area contributed by atoms with Crippen LogP contribution in [0.5, 0.6) is 0 Å². The average molecular weight is 359 g/mol. The zero-order chi connectivity index (χ0) is 18.1. The highest BCUT2D eigenvalue weighted by molar-refractivity contribution is 5.63. The second-order valence-corrected chi connectivity index (χ2v) is 7.08. The first-order valence-corrected chi connectivity index (χ1v) is 9.36. The van der Waals surface area contributed by atoms with Crippen LogP contribution in [0.4, 0.5) is 0 Å². The molecule has 5 heterocycles. The van der Waals surface area contributed by atoms with E-state index < -0.39 is 0 Å². The van der Waals surface area contributed by atoms with E-state index in [1.807, 2.05) is 53.4 Å². The van der Waals surface area contributed by atoms with Gasteiger partial charge in [-0.1, -0.05) is 0 Å². The quantitative estimate of drug-likeness (QED) is 0.555. The lowest BCUT2D eigenvalue weighted by atomic mass is 9.97. The van der Waals surface area contributed by atoms with Gasteiger partial charge in [-0.2, -0.15) is 5.10 Å². The predicted molar refractivity (Wildman–Crippen MR) is 102 cm³/mol. The fourth-order valence-electron chi connectivity index (χ4n) is 3.82. The van der Waals surface area contributed by atoms with Crippen molar-refractivity contribution in [3.8, 4) is 11.1 Å². The third kappa shape index (κ3) is 3.36. The van der Waals surface area contributed by atoms with Gasteiger partial charge in [0, 0.05) is 36.6 Å². The Labute approximate surface area is 157 Å². The molecule has 6 nitrogen and oxygen atoms in total. The van der Waals surface area contributed by atoms with Crippen LogP contribution in [0.25, 0.3) is 16.8 Å². The summed E-state index contributed by atoms with van der Waals surface area (Å²) in [5, 5.41) is 4.79. The summed E-state index contributed by atoms with van der Waals surface area (Å²) >= 11 is 0. The average Bonchev–Trinajstić information content (AvgIpc) is 3.38. The lowest BCUT2D eigenvalue weighted by molar-refractivity contribution is 0.183. The Hall–Kier alpha value is -2.99. The number of nitrogens with zero attached hydrogens (tertiary/aromatic N) is 5. The highest BCUT2D eigenvalue weighted by Crippen LogP contribution is 2.27. The van der Waals surface area contributed by atoms with E-state index in [9.17, 15) is 0 Å². The number of hydrogen-bond donors (Lipinski definition) is 0. The summed E-state index contributed by atoms with van der Waals surface area (Å²) in [5.74, 6) is 2.31. The van der Waals surface area contributed by atoms with Crippen molar-refractivity contribution in [1.29, 1.82) is 0 Å². The Bertz CT molecular complexity index is 1030. The molecule has 0 aromatic carbocycles. The minimum atomic E-state index is 0.359. The van der Waals surface area contributed by atoms with Crippen LogP contribution in [0.2, 0.25) is 0 Å². The Kier molecular flexibility index (Phi) is 4.18. The first-order chi connectivity index (χ1) is 13.3. The van der Waals surface area contributed by atoms with Crippen molar-refractivity contribution >= 4 is 5.65 Å². The number of piperidine rings is 1. The molecule has 0 radical (unpaired) electrons. The van der Waals surface area contributed by atoms with Crippen LogP contribution in [0, 0.1) is 0 Å². The molecule has 4 aromatic rings. The Balaban J connectivity index is 1.38. The maximum atomic E-state index is 5.50. The van der Waals surface area contributed by atoms with Crippen molar-refractivity contribution < 1.29 is 4.42 Å². The van der Waals surface area contributed by atoms with Crippen LogP contribution in [-0.2, 0) is 6.54 Å². The molecule has 0 saturated carbocycles. The molecule has 0 aliphatic carbocycles. The number of likely N-dealkylation sites (tertiary alicyclic amines) is 1. The normalized spacial score (nSPS) is 18.1. The summed E-state index contributed by atoms with van der Waals surface area (Å²) in [6.07, 6.45) is 9.68. The summed E-state index contributed by atoms with van der Waals surface area (Å²) < 4.78 is 7.40. The zero-order valence-corrected chi connectivity index (χ0v) is 15.0. The highest BCUT2D eigenvalue weighted by Gasteiger charge is 2.25. The van der Waals surface area contributed by atoms with E-state index in [-0.39, 0.29) is 0 Å². The minimum Gasteiger partial charge on any atom is -0.468 e. The van der Waals surface area contributed by atoms with E-state index in [4.69, 9.17) is 14.5 Å². The highest BCUT2D eigenvalue weighted by atomic mass is 16.3. The number of hydrogen-bond acceptors (Lipinski definition) is 5. The van der Waals surface area contributed by atoms with Crippen LogP contribution in [-0.4, -0.2) is 37.6 Å². The monoisotopic (exact) mass is 359 g/mol. The first kappa shape index (κ1) is 16.2. The van der Waals surface area contributed by atoms with Crippen molar-refractivity contribution in [3.05, 3.63) is 72.8 Å². The second kappa shape index (κ2) is 6.96. The van der Waals surface area contributed by atoms with E-state index >= 15 is 0 Å². The molecule has 136 valence electrons. The van der Waals surface area contributed by atoms with Crippen molar-refractivity contribution in [1.82, 2.24) is 24.5 Å². The number of aromatic nitrogens is 4. The van der Waals surface area contributed by atoms with E-state index in [0.717, 1.165) is 60.8 Å². The number of pyridine rings is 2. The molecule has 1 atom stereocenters. The van der Waals surface area contributed by atoms with Crippen LogP contribution in [0.3, 0.4) is 0 Å². The second-order valence-electron chi connectivity index (χ2n) is 7.08. The van der Waals surface area contributed by atoms with Crippen molar-refractivity contribution in [2.45, 2.75) is 25.3 Å². The van der Waals surface area contributed by atoms with E-state index in [2.05, 4.69) is 16.0 Å². The topological polar surface area (TPSA) is 59.5 Å². The fraction of sp³-hybridized carbons (Fsp3) is 0.286. The molecule has 0 amide bonds. The van der Waals surface area contributed by atoms with Gasteiger partial charge in [0.2, 0.25) is 0 Å². The maximum absolute atomic E-state index is 5.50. The van der Waals surface area contributed by atoms with Crippen LogP contribution in [0.15, 0.2) is 65.7 Å². The summed E-state index contributed by atoms with van der Waals surface area (Å²) in [6.45, 7) is 2.91. The fourth-order valence-corrected chi connectivity index (χ4v) is 3.82. The molecule has 6 heteroatoms. The largest absolute Gasteiger partial charge is 0.468 e. The molecule has 4 aromatic heterocycles. The molecule has 0 N–H and O–H groups in total. The van der Waals surface area contributed by atoms with Crippen LogP contribution >= 0.6 is 0 Å². The van der Waals surface area contributed by atoms with E-state index in [0.29, 0.717) is 5.92 Å². The molecular weight excluding hydrogens is 338 g/mol. The molecular formula is C21H21N5O. The van der Waals surface area contributed by atoms with E-state index in [1.54, 1.807) is 6.26 Å². The standard InChI is InChI=1S/C21H21N5O/c1-3-18(13-25(11-1)15-19-4-2-12-27-19)21-23-20-6-5-17(14-26(20)24-21)16-7-9-22-10-8-16/h2,4-10,12,14,18H,1,3,11,13,15H2/t18-/m0/s1. The van der Waals surface area contributed by atoms with Gasteiger partial charge in [-0.15, -0.1) is 0 Å². The predicted octanol–water partition coefficient (Wildman–Crippen LogP) is 3.76.